The molecule has 0 unspecified atom stereocenters. The fourth-order valence-electron chi connectivity index (χ4n) is 12.2. The van der Waals surface area contributed by atoms with Crippen LogP contribution in [0, 0.1) is 28.4 Å². The number of amides is 9. The molecular formula is C71H91F2N9O10. The Morgan fingerprint density at radius 1 is 0.522 bits per heavy atom. The largest absolute Gasteiger partial charge is 0.445 e. The van der Waals surface area contributed by atoms with Crippen LogP contribution in [0.15, 0.2) is 140 Å². The van der Waals surface area contributed by atoms with Crippen molar-refractivity contribution >= 4 is 41.8 Å². The van der Waals surface area contributed by atoms with Crippen LogP contribution in [0.25, 0.3) is 0 Å². The van der Waals surface area contributed by atoms with Gasteiger partial charge in [-0.15, -0.1) is 0 Å². The number of carbonyl (C=O) groups excluding carboxylic acids is 7. The molecule has 4 heterocycles. The molecule has 0 aliphatic carbocycles. The van der Waals surface area contributed by atoms with Crippen LogP contribution in [0.5, 0.6) is 0 Å². The molecule has 19 nitrogen and oxygen atoms in total. The zero-order chi connectivity index (χ0) is 66.4. The van der Waals surface area contributed by atoms with Gasteiger partial charge in [-0.2, -0.15) is 0 Å². The SMILES string of the molecule is CC[C@@H](C)C(=O)N[C@H](C(=O)N1CC[C@@H]2[C@H]1[C@@H](OCc1ccc(F)cc1)CN2C(=O)NCc1ccccc1)C(C)(C)C.C[C@@H](C(=O)N[C@H](C(=O)N1CC[C@@H]2[C@H]1[C@@H](OCc1ccc(F)cc1)CN2C(=O)NCc1ccccc1)C(C)(C)C)N(C)C(=O)OCc1ccccc1. The molecule has 9 amide bonds. The molecule has 0 spiro atoms. The Morgan fingerprint density at radius 3 is 1.27 bits per heavy atom. The highest BCUT2D eigenvalue weighted by Crippen LogP contribution is 2.38. The van der Waals surface area contributed by atoms with Gasteiger partial charge in [0, 0.05) is 39.1 Å². The summed E-state index contributed by atoms with van der Waals surface area (Å²) in [4.78, 5) is 103. The lowest BCUT2D eigenvalue weighted by Crippen LogP contribution is -2.60. The molecule has 494 valence electrons. The van der Waals surface area contributed by atoms with Crippen molar-refractivity contribution in [1.29, 1.82) is 0 Å². The van der Waals surface area contributed by atoms with E-state index in [2.05, 4.69) is 21.3 Å². The highest BCUT2D eigenvalue weighted by Gasteiger charge is 2.56. The van der Waals surface area contributed by atoms with Gasteiger partial charge in [0.05, 0.1) is 62.7 Å². The molecule has 4 aliphatic rings. The van der Waals surface area contributed by atoms with Crippen LogP contribution in [0.2, 0.25) is 0 Å². The summed E-state index contributed by atoms with van der Waals surface area (Å²) >= 11 is 0. The number of benzene rings is 5. The van der Waals surface area contributed by atoms with E-state index in [0.717, 1.165) is 27.8 Å². The Kier molecular flexibility index (Phi) is 23.6. The molecule has 9 rings (SSSR count). The molecule has 92 heavy (non-hydrogen) atoms. The third-order valence-corrected chi connectivity index (χ3v) is 17.9. The van der Waals surface area contributed by atoms with Crippen molar-refractivity contribution in [1.82, 2.24) is 45.8 Å². The van der Waals surface area contributed by atoms with E-state index in [1.54, 1.807) is 50.8 Å². The van der Waals surface area contributed by atoms with Crippen molar-refractivity contribution in [2.75, 3.05) is 33.2 Å². The van der Waals surface area contributed by atoms with Gasteiger partial charge in [0.15, 0.2) is 0 Å². The lowest BCUT2D eigenvalue weighted by molar-refractivity contribution is -0.143. The quantitative estimate of drug-likeness (QED) is 0.0580. The minimum Gasteiger partial charge on any atom is -0.445 e. The zero-order valence-electron chi connectivity index (χ0n) is 54.6. The van der Waals surface area contributed by atoms with Gasteiger partial charge in [0.1, 0.15) is 36.4 Å². The number of nitrogens with one attached hydrogen (secondary N) is 4. The summed E-state index contributed by atoms with van der Waals surface area (Å²) in [6, 6.07) is 36.2. The molecule has 21 heteroatoms. The minimum absolute atomic E-state index is 0.0602. The molecule has 4 saturated heterocycles. The number of hydrogen-bond acceptors (Lipinski definition) is 10. The third kappa shape index (κ3) is 17.8. The van der Waals surface area contributed by atoms with Gasteiger partial charge in [-0.05, 0) is 89.1 Å². The second-order valence-electron chi connectivity index (χ2n) is 26.6. The van der Waals surface area contributed by atoms with E-state index >= 15 is 0 Å². The average molecular weight is 1270 g/mol. The number of likely N-dealkylation sites (N-methyl/N-ethyl adjacent to an activating group) is 1. The summed E-state index contributed by atoms with van der Waals surface area (Å²) in [5.74, 6) is -1.99. The second kappa shape index (κ2) is 31.3. The summed E-state index contributed by atoms with van der Waals surface area (Å²) in [5, 5.41) is 12.0. The highest BCUT2D eigenvalue weighted by atomic mass is 19.1. The van der Waals surface area contributed by atoms with Crippen molar-refractivity contribution in [2.24, 2.45) is 16.7 Å². The number of rotatable bonds is 20. The standard InChI is InChI=1S/C39H48FN5O6.C32H43FN4O4/c1-26(43(5)38(49)51-25-28-14-10-7-11-15-28)35(46)42-34(39(2,3)4)36(47)44-21-20-31-33(44)32(50-24-29-16-18-30(40)19-17-29)23-45(31)37(48)41-22-27-12-8-6-9-13-27;1-6-21(2)29(38)35-28(32(3,4)5)30(39)36-17-16-25-27(36)26(41-20-23-12-14-24(33)15-13-23)19-37(25)31(40)34-18-22-10-8-7-9-11-22/h6-19,26,31-34H,20-25H2,1-5H3,(H,41,48)(H,42,46);7-15,21,25-28H,6,16-20H2,1-5H3,(H,34,40)(H,35,38)/t26-,31+,32-,33-,34+;21-,25-,26+,27+,28-/m01/s1. The summed E-state index contributed by atoms with van der Waals surface area (Å²) < 4.78 is 45.2. The monoisotopic (exact) mass is 1270 g/mol. The molecule has 0 radical (unpaired) electrons. The van der Waals surface area contributed by atoms with E-state index in [4.69, 9.17) is 14.2 Å². The maximum absolute atomic E-state index is 14.5. The van der Waals surface area contributed by atoms with Crippen LogP contribution in [-0.4, -0.2) is 154 Å². The first-order valence-electron chi connectivity index (χ1n) is 31.9. The van der Waals surface area contributed by atoms with E-state index in [-0.39, 0.29) is 91.8 Å². The molecule has 5 aromatic carbocycles. The Labute approximate surface area is 539 Å². The average Bonchev–Trinajstić information content (AvgIpc) is 2.07. The van der Waals surface area contributed by atoms with Crippen LogP contribution in [0.1, 0.15) is 109 Å². The first-order valence-corrected chi connectivity index (χ1v) is 31.9. The fraction of sp³-hybridized carbons (Fsp3) is 0.479. The van der Waals surface area contributed by atoms with Crippen LogP contribution < -0.4 is 21.3 Å². The minimum atomic E-state index is -0.946. The molecule has 10 atom stereocenters. The normalized spacial score (nSPS) is 20.5. The second-order valence-corrected chi connectivity index (χ2v) is 26.6. The van der Waals surface area contributed by atoms with Crippen molar-refractivity contribution < 1.29 is 56.6 Å². The van der Waals surface area contributed by atoms with E-state index < -0.39 is 59.2 Å². The molecule has 5 aromatic rings. The van der Waals surface area contributed by atoms with E-state index in [1.807, 2.05) is 146 Å². The molecule has 0 aromatic heterocycles. The summed E-state index contributed by atoms with van der Waals surface area (Å²) in [6.07, 6.45) is 0.183. The van der Waals surface area contributed by atoms with Gasteiger partial charge < -0.3 is 55.1 Å². The maximum atomic E-state index is 14.5. The van der Waals surface area contributed by atoms with Gasteiger partial charge in [-0.3, -0.25) is 24.1 Å². The number of hydrogen-bond donors (Lipinski definition) is 4. The smallest absolute Gasteiger partial charge is 0.410 e. The number of halogens is 2. The first kappa shape index (κ1) is 69.5. The highest BCUT2D eigenvalue weighted by molar-refractivity contribution is 5.92. The van der Waals surface area contributed by atoms with Crippen molar-refractivity contribution in [3.05, 3.63) is 179 Å². The van der Waals surface area contributed by atoms with Crippen molar-refractivity contribution in [3.63, 3.8) is 0 Å². The molecule has 4 aliphatic heterocycles. The first-order chi connectivity index (χ1) is 43.8. The van der Waals surface area contributed by atoms with Crippen molar-refractivity contribution in [3.8, 4) is 0 Å². The van der Waals surface area contributed by atoms with Gasteiger partial charge in [0.25, 0.3) is 0 Å². The topological polar surface area (TPSA) is 212 Å². The Hall–Kier alpha value is -8.43. The number of likely N-dealkylation sites (tertiary alicyclic amines) is 4. The van der Waals surface area contributed by atoms with E-state index in [1.165, 1.54) is 36.2 Å². The number of ether oxygens (including phenoxy) is 3. The fourth-order valence-corrected chi connectivity index (χ4v) is 12.2. The van der Waals surface area contributed by atoms with Crippen molar-refractivity contribution in [2.45, 2.75) is 169 Å². The van der Waals surface area contributed by atoms with Crippen LogP contribution in [0.3, 0.4) is 0 Å². The van der Waals surface area contributed by atoms with Crippen LogP contribution in [0.4, 0.5) is 23.2 Å². The number of nitrogens with zero attached hydrogens (tertiary/aromatic N) is 5. The summed E-state index contributed by atoms with van der Waals surface area (Å²) in [5.41, 5.74) is 3.12. The van der Waals surface area contributed by atoms with E-state index in [9.17, 15) is 42.3 Å². The number of carbonyl (C=O) groups is 7. The lowest BCUT2D eigenvalue weighted by atomic mass is 9.85. The Morgan fingerprint density at radius 2 is 0.891 bits per heavy atom. The zero-order valence-corrected chi connectivity index (χ0v) is 54.6. The van der Waals surface area contributed by atoms with Crippen LogP contribution in [-0.2, 0) is 66.3 Å². The third-order valence-electron chi connectivity index (χ3n) is 17.9. The van der Waals surface area contributed by atoms with E-state index in [0.29, 0.717) is 52.0 Å². The van der Waals surface area contributed by atoms with Crippen LogP contribution >= 0.6 is 0 Å². The van der Waals surface area contributed by atoms with Gasteiger partial charge in [-0.25, -0.2) is 23.2 Å². The number of urea groups is 2. The predicted molar refractivity (Wildman–Crippen MR) is 345 cm³/mol. The summed E-state index contributed by atoms with van der Waals surface area (Å²) in [7, 11) is 1.48. The molecule has 0 saturated carbocycles. The predicted octanol–water partition coefficient (Wildman–Crippen LogP) is 9.58. The lowest BCUT2D eigenvalue weighted by Gasteiger charge is -2.37. The molecule has 4 N–H and O–H groups in total. The van der Waals surface area contributed by atoms with Gasteiger partial charge in [0.2, 0.25) is 23.6 Å². The number of fused-ring (bicyclic) bond motifs is 2. The Bertz CT molecular complexity index is 3280. The van der Waals surface area contributed by atoms with Gasteiger partial charge >= 0.3 is 18.2 Å². The maximum Gasteiger partial charge on any atom is 0.410 e. The van der Waals surface area contributed by atoms with Gasteiger partial charge in [-0.1, -0.05) is 171 Å². The Balaban J connectivity index is 0.000000242. The molecular weight excluding hydrogens is 1180 g/mol. The molecule has 0 bridgehead atoms. The summed E-state index contributed by atoms with van der Waals surface area (Å²) in [6.45, 7) is 19.4. The molecule has 4 fully saturated rings.